The van der Waals surface area contributed by atoms with Crippen molar-refractivity contribution in [2.24, 2.45) is 46.3 Å². The molecule has 4 fully saturated rings. The minimum Gasteiger partial charge on any atom is -0.391 e. The normalized spacial score (nSPS) is 45.8. The number of aliphatic hydroxyl groups excluding tert-OH is 1. The predicted molar refractivity (Wildman–Crippen MR) is 142 cm³/mol. The van der Waals surface area contributed by atoms with E-state index in [1.54, 1.807) is 6.08 Å². The number of fused-ring (bicyclic) bond motifs is 5. The molecular weight excluding hydrogens is 432 g/mol. The molecule has 0 aromatic rings. The number of aliphatic hydroxyl groups is 2. The van der Waals surface area contributed by atoms with Crippen LogP contribution in [-0.2, 0) is 0 Å². The van der Waals surface area contributed by atoms with E-state index in [2.05, 4.69) is 33.4 Å². The van der Waals surface area contributed by atoms with Crippen LogP contribution in [0.4, 0.5) is 0 Å². The molecule has 11 atom stereocenters. The largest absolute Gasteiger partial charge is 0.391 e. The van der Waals surface area contributed by atoms with Gasteiger partial charge in [0.2, 0.25) is 0 Å². The Balaban J connectivity index is 1.50. The third-order valence-electron chi connectivity index (χ3n) is 11.9. The topological polar surface area (TPSA) is 67.5 Å². The first-order chi connectivity index (χ1) is 16.4. The van der Waals surface area contributed by atoms with Gasteiger partial charge in [-0.25, -0.2) is 0 Å². The Labute approximate surface area is 214 Å². The Morgan fingerprint density at radius 2 is 1.71 bits per heavy atom. The highest BCUT2D eigenvalue weighted by atomic mass is 16.3. The molecule has 4 aliphatic carbocycles. The molecule has 0 aromatic heterocycles. The molecule has 2 unspecified atom stereocenters. The zero-order valence-electron chi connectivity index (χ0n) is 23.1. The average molecular weight is 483 g/mol. The summed E-state index contributed by atoms with van der Waals surface area (Å²) in [7, 11) is 1.99. The summed E-state index contributed by atoms with van der Waals surface area (Å²) in [6, 6.07) is 2.27. The van der Waals surface area contributed by atoms with Crippen LogP contribution in [0.15, 0.2) is 24.4 Å². The second-order valence-corrected chi connectivity index (χ2v) is 13.7. The monoisotopic (exact) mass is 482 g/mol. The molecule has 2 N–H and O–H groups in total. The Hall–Kier alpha value is -1.31. The van der Waals surface area contributed by atoms with Crippen LogP contribution in [-0.4, -0.2) is 39.9 Å². The number of rotatable bonds is 6. The summed E-state index contributed by atoms with van der Waals surface area (Å²) in [5.41, 5.74) is 0.773. The first-order valence-electron chi connectivity index (χ1n) is 14.2. The van der Waals surface area contributed by atoms with Gasteiger partial charge in [-0.1, -0.05) is 26.8 Å². The van der Waals surface area contributed by atoms with Gasteiger partial charge in [-0.3, -0.25) is 0 Å². The summed E-state index contributed by atoms with van der Waals surface area (Å²) in [5, 5.41) is 32.0. The van der Waals surface area contributed by atoms with E-state index in [1.165, 1.54) is 38.5 Å². The first-order valence-corrected chi connectivity index (χ1v) is 14.2. The van der Waals surface area contributed by atoms with E-state index >= 15 is 0 Å². The second-order valence-electron chi connectivity index (χ2n) is 13.7. The van der Waals surface area contributed by atoms with Gasteiger partial charge in [0.15, 0.2) is 0 Å². The number of hydrogen-bond donors (Lipinski definition) is 2. The molecule has 4 heteroatoms. The minimum absolute atomic E-state index is 0.00966. The lowest BCUT2D eigenvalue weighted by Gasteiger charge is -2.62. The third kappa shape index (κ3) is 4.50. The van der Waals surface area contributed by atoms with E-state index in [4.69, 9.17) is 0 Å². The molecule has 4 nitrogen and oxygen atoms in total. The molecule has 0 amide bonds. The van der Waals surface area contributed by atoms with Crippen molar-refractivity contribution >= 4 is 0 Å². The molecule has 0 radical (unpaired) electrons. The first kappa shape index (κ1) is 26.7. The van der Waals surface area contributed by atoms with Crippen LogP contribution in [0, 0.1) is 57.7 Å². The van der Waals surface area contributed by atoms with Crippen molar-refractivity contribution in [1.29, 1.82) is 5.26 Å². The van der Waals surface area contributed by atoms with E-state index in [9.17, 15) is 15.5 Å². The fourth-order valence-corrected chi connectivity index (χ4v) is 9.32. The van der Waals surface area contributed by atoms with Gasteiger partial charge in [-0.15, -0.1) is 6.58 Å². The predicted octanol–water partition coefficient (Wildman–Crippen LogP) is 6.31. The molecule has 0 heterocycles. The van der Waals surface area contributed by atoms with Crippen molar-refractivity contribution in [3.63, 3.8) is 0 Å². The molecule has 4 saturated carbocycles. The zero-order chi connectivity index (χ0) is 25.8. The van der Waals surface area contributed by atoms with Gasteiger partial charge < -0.3 is 15.1 Å². The zero-order valence-corrected chi connectivity index (χ0v) is 23.1. The average Bonchev–Trinajstić information content (AvgIpc) is 3.18. The van der Waals surface area contributed by atoms with Crippen LogP contribution in [0.1, 0.15) is 92.4 Å². The van der Waals surface area contributed by atoms with E-state index in [-0.39, 0.29) is 17.4 Å². The fourth-order valence-electron chi connectivity index (χ4n) is 9.32. The van der Waals surface area contributed by atoms with Gasteiger partial charge in [0.1, 0.15) is 0 Å². The van der Waals surface area contributed by atoms with Crippen molar-refractivity contribution in [3.05, 3.63) is 24.4 Å². The van der Waals surface area contributed by atoms with Crippen LogP contribution in [0.2, 0.25) is 0 Å². The molecule has 0 bridgehead atoms. The quantitative estimate of drug-likeness (QED) is 0.344. The molecule has 196 valence electrons. The number of hydrogen-bond acceptors (Lipinski definition) is 4. The summed E-state index contributed by atoms with van der Waals surface area (Å²) in [6.07, 6.45) is 13.8. The van der Waals surface area contributed by atoms with Crippen molar-refractivity contribution in [3.8, 4) is 6.07 Å². The summed E-state index contributed by atoms with van der Waals surface area (Å²) in [5.74, 6) is 3.21. The van der Waals surface area contributed by atoms with Gasteiger partial charge in [-0.2, -0.15) is 5.26 Å². The molecule has 0 aromatic carbocycles. The summed E-state index contributed by atoms with van der Waals surface area (Å²) in [4.78, 5) is 2.05. The van der Waals surface area contributed by atoms with Crippen molar-refractivity contribution in [2.45, 2.75) is 110 Å². The minimum atomic E-state index is -0.478. The maximum atomic E-state index is 11.7. The number of nitriles is 1. The Morgan fingerprint density at radius 1 is 1.03 bits per heavy atom. The van der Waals surface area contributed by atoms with Crippen molar-refractivity contribution in [1.82, 2.24) is 4.90 Å². The van der Waals surface area contributed by atoms with Gasteiger partial charge in [0.05, 0.1) is 29.4 Å². The van der Waals surface area contributed by atoms with Crippen LogP contribution >= 0.6 is 0 Å². The van der Waals surface area contributed by atoms with E-state index in [0.717, 1.165) is 31.1 Å². The molecular formula is C31H50N2O2. The standard InChI is InChI=1S/C31H50N2O2/c1-8-20(2)22(18-32)19-33(7)21(3)28(34)27-12-11-25-24-10-9-23-17-29(4,35)15-16-30(23,5)26(24)13-14-31(25,27)6/h8,19-21,23-28,34-35H,1,9-17H2,2-7H3/b22-19-/t20-,21-,23+,24?,25+,26+,27-,28?,29-,30+,31+/m1/s1. The molecule has 0 aliphatic heterocycles. The van der Waals surface area contributed by atoms with E-state index < -0.39 is 11.7 Å². The molecule has 4 aliphatic rings. The lowest BCUT2D eigenvalue weighted by Crippen LogP contribution is -2.56. The van der Waals surface area contributed by atoms with Crippen LogP contribution in [0.3, 0.4) is 0 Å². The van der Waals surface area contributed by atoms with Gasteiger partial charge in [-0.05, 0) is 112 Å². The Bertz CT molecular complexity index is 874. The van der Waals surface area contributed by atoms with Crippen LogP contribution in [0.5, 0.6) is 0 Å². The highest BCUT2D eigenvalue weighted by Gasteiger charge is 2.61. The van der Waals surface area contributed by atoms with Crippen LogP contribution < -0.4 is 0 Å². The lowest BCUT2D eigenvalue weighted by molar-refractivity contribution is -0.151. The van der Waals surface area contributed by atoms with Crippen molar-refractivity contribution in [2.75, 3.05) is 7.05 Å². The maximum Gasteiger partial charge on any atom is 0.0968 e. The van der Waals surface area contributed by atoms with Gasteiger partial charge >= 0.3 is 0 Å². The maximum absolute atomic E-state index is 11.7. The number of allylic oxidation sites excluding steroid dienone is 2. The van der Waals surface area contributed by atoms with Gasteiger partial charge in [0, 0.05) is 19.2 Å². The van der Waals surface area contributed by atoms with E-state index in [1.807, 2.05) is 32.0 Å². The summed E-state index contributed by atoms with van der Waals surface area (Å²) in [6.45, 7) is 15.0. The number of likely N-dealkylation sites (N-methyl/N-ethyl adjacent to an activating group) is 1. The third-order valence-corrected chi connectivity index (χ3v) is 11.9. The highest BCUT2D eigenvalue weighted by Crippen LogP contribution is 2.68. The SMILES string of the molecule is C=C[C@@H](C)/C(C#N)=C\N(C)[C@H](C)C(O)[C@H]1CC[C@H]2C3CC[C@H]4C[C@](C)(O)CC[C@]4(C)[C@H]3CC[C@]12C. The second kappa shape index (κ2) is 9.53. The smallest absolute Gasteiger partial charge is 0.0968 e. The molecule has 35 heavy (non-hydrogen) atoms. The summed E-state index contributed by atoms with van der Waals surface area (Å²) < 4.78 is 0. The Kier molecular flexibility index (Phi) is 7.28. The molecule has 0 spiro atoms. The molecule has 4 rings (SSSR count). The fraction of sp³-hybridized carbons (Fsp3) is 0.839. The summed E-state index contributed by atoms with van der Waals surface area (Å²) >= 11 is 0. The van der Waals surface area contributed by atoms with E-state index in [0.29, 0.717) is 28.7 Å². The van der Waals surface area contributed by atoms with Crippen molar-refractivity contribution < 1.29 is 10.2 Å². The Morgan fingerprint density at radius 3 is 2.37 bits per heavy atom. The lowest BCUT2D eigenvalue weighted by atomic mass is 9.44. The van der Waals surface area contributed by atoms with Gasteiger partial charge in [0.25, 0.3) is 0 Å². The molecule has 0 saturated heterocycles. The highest BCUT2D eigenvalue weighted by molar-refractivity contribution is 5.26. The van der Waals surface area contributed by atoms with Crippen LogP contribution in [0.25, 0.3) is 0 Å². The number of nitrogens with zero attached hydrogens (tertiary/aromatic N) is 2.